The number of alkyl carbamates (subject to hydrolysis) is 1. The molecule has 4 aromatic rings. The van der Waals surface area contributed by atoms with Crippen molar-refractivity contribution in [1.82, 2.24) is 19.6 Å². The molecule has 5 rings (SSSR count). The monoisotopic (exact) mass is 871 g/mol. The van der Waals surface area contributed by atoms with E-state index >= 15 is 4.39 Å². The Bertz CT molecular complexity index is 2010. The summed E-state index contributed by atoms with van der Waals surface area (Å²) >= 11 is -0.341. The van der Waals surface area contributed by atoms with Crippen LogP contribution in [0.15, 0.2) is 84.0 Å². The van der Waals surface area contributed by atoms with Crippen molar-refractivity contribution in [3.63, 3.8) is 0 Å². The van der Waals surface area contributed by atoms with Gasteiger partial charge < -0.3 is 34.2 Å². The fourth-order valence-electron chi connectivity index (χ4n) is 7.53. The number of rotatable bonds is 16. The van der Waals surface area contributed by atoms with Crippen molar-refractivity contribution in [1.29, 1.82) is 0 Å². The number of likely N-dealkylation sites (tertiary alicyclic amines) is 1. The average molecular weight is 872 g/mol. The molecule has 60 heavy (non-hydrogen) atoms. The summed E-state index contributed by atoms with van der Waals surface area (Å²) < 4.78 is 82.4. The second-order valence-electron chi connectivity index (χ2n) is 16.8. The van der Waals surface area contributed by atoms with Gasteiger partial charge in [0.25, 0.3) is 8.32 Å². The summed E-state index contributed by atoms with van der Waals surface area (Å²) in [5.41, 5.74) is -4.93. The van der Waals surface area contributed by atoms with Gasteiger partial charge in [-0.25, -0.2) is 14.2 Å². The summed E-state index contributed by atoms with van der Waals surface area (Å²) in [4.78, 5) is 18.4. The summed E-state index contributed by atoms with van der Waals surface area (Å²) in [5, 5.41) is 7.78. The number of anilines is 1. The fraction of sp³-hybridized carbons (Fsp3) is 0.500. The molecule has 2 N–H and O–H groups in total. The molecule has 1 aliphatic heterocycles. The number of halogens is 4. The highest BCUT2D eigenvalue weighted by atomic mass is 32.2. The average Bonchev–Trinajstić information content (AvgIpc) is 3.51. The van der Waals surface area contributed by atoms with Gasteiger partial charge >= 0.3 is 11.6 Å². The van der Waals surface area contributed by atoms with Crippen molar-refractivity contribution in [3.05, 3.63) is 84.7 Å². The summed E-state index contributed by atoms with van der Waals surface area (Å²) in [6.45, 7) is 14.3. The predicted molar refractivity (Wildman–Crippen MR) is 231 cm³/mol. The van der Waals surface area contributed by atoms with Crippen molar-refractivity contribution in [2.75, 3.05) is 65.0 Å². The van der Waals surface area contributed by atoms with E-state index in [1.54, 1.807) is 32.9 Å². The summed E-state index contributed by atoms with van der Waals surface area (Å²) in [6.07, 6.45) is 0.0176. The topological polar surface area (TPSA) is 98.6 Å². The fourth-order valence-corrected chi connectivity index (χ4v) is 12.7. The van der Waals surface area contributed by atoms with Crippen LogP contribution >= 0.6 is 11.8 Å². The van der Waals surface area contributed by atoms with E-state index in [1.165, 1.54) is 21.0 Å². The van der Waals surface area contributed by atoms with Crippen LogP contribution in [0.3, 0.4) is 0 Å². The number of imidazole rings is 1. The first-order valence-electron chi connectivity index (χ1n) is 20.1. The molecule has 0 bridgehead atoms. The van der Waals surface area contributed by atoms with Crippen molar-refractivity contribution in [3.8, 4) is 11.8 Å². The Hall–Kier alpha value is -4.11. The molecule has 0 saturated carbocycles. The number of alkyl halides is 4. The lowest BCUT2D eigenvalue weighted by Gasteiger charge is -2.43. The predicted octanol–water partition coefficient (Wildman–Crippen LogP) is 7.50. The van der Waals surface area contributed by atoms with Gasteiger partial charge in [0, 0.05) is 37.7 Å². The van der Waals surface area contributed by atoms with Gasteiger partial charge in [-0.3, -0.25) is 4.40 Å². The number of ether oxygens (including phenoxy) is 3. The number of amides is 1. The third-order valence-electron chi connectivity index (χ3n) is 9.97. The van der Waals surface area contributed by atoms with Gasteiger partial charge in [0.2, 0.25) is 0 Å². The number of fused-ring (bicyclic) bond motifs is 1. The molecular weight excluding hydrogens is 815 g/mol. The molecule has 0 radical (unpaired) electrons. The maximum absolute atomic E-state index is 15.8. The minimum Gasteiger partial charge on any atom is -0.444 e. The van der Waals surface area contributed by atoms with Gasteiger partial charge in [0.15, 0.2) is 5.65 Å². The van der Waals surface area contributed by atoms with Gasteiger partial charge in [-0.2, -0.15) is 13.2 Å². The number of pyridine rings is 1. The minimum atomic E-state index is -4.63. The Kier molecular flexibility index (Phi) is 16.1. The molecular formula is C44H57F4N5O5SSi. The van der Waals surface area contributed by atoms with E-state index in [9.17, 15) is 18.0 Å². The number of carbonyl (C=O) groups excluding carboxylic acids is 1. The largest absolute Gasteiger partial charge is 0.447 e. The van der Waals surface area contributed by atoms with E-state index in [0.717, 1.165) is 0 Å². The maximum atomic E-state index is 15.8. The van der Waals surface area contributed by atoms with Crippen LogP contribution in [0.25, 0.3) is 5.65 Å². The quantitative estimate of drug-likeness (QED) is 0.0390. The lowest BCUT2D eigenvalue weighted by atomic mass is 9.88. The molecule has 3 unspecified atom stereocenters. The number of piperidine rings is 1. The smallest absolute Gasteiger partial charge is 0.444 e. The maximum Gasteiger partial charge on any atom is 0.447 e. The third kappa shape index (κ3) is 12.7. The lowest BCUT2D eigenvalue weighted by Crippen LogP contribution is -2.66. The Morgan fingerprint density at radius 1 is 0.883 bits per heavy atom. The standard InChI is InChI=1S/C44H57F4N5O5SSi/c1-42(2,3)58-41(54)49-23-14-20-37-40(59-44(46,47)48)53-24-15-21-36(39(53)51-37)50-38-32(30-52(7)31-35(38)45)22-25-55-26-27-56-28-29-57-60(43(4,5)6,33-16-10-8-11-17-33)34-18-12-9-13-19-34/h8-13,15-19,21,24,32,35,38,50H,22-23,25-31H2,1-7H3,(H,49,54). The molecule has 3 atom stereocenters. The van der Waals surface area contributed by atoms with E-state index in [1.807, 2.05) is 24.1 Å². The number of aromatic nitrogens is 2. The molecule has 1 fully saturated rings. The Labute approximate surface area is 356 Å². The molecule has 0 spiro atoms. The first-order valence-corrected chi connectivity index (χ1v) is 22.8. The molecule has 1 saturated heterocycles. The van der Waals surface area contributed by atoms with Crippen LogP contribution in [0.1, 0.15) is 53.7 Å². The Morgan fingerprint density at radius 2 is 1.50 bits per heavy atom. The second kappa shape index (κ2) is 20.6. The first-order chi connectivity index (χ1) is 28.4. The lowest BCUT2D eigenvalue weighted by molar-refractivity contribution is -0.0330. The third-order valence-corrected chi connectivity index (χ3v) is 15.8. The minimum absolute atomic E-state index is 0.125. The van der Waals surface area contributed by atoms with Crippen LogP contribution in [-0.4, -0.2) is 112 Å². The Morgan fingerprint density at radius 3 is 2.10 bits per heavy atom. The highest BCUT2D eigenvalue weighted by Crippen LogP contribution is 2.40. The highest BCUT2D eigenvalue weighted by Gasteiger charge is 2.50. The molecule has 326 valence electrons. The van der Waals surface area contributed by atoms with Crippen LogP contribution < -0.4 is 21.0 Å². The van der Waals surface area contributed by atoms with E-state index in [-0.39, 0.29) is 52.2 Å². The van der Waals surface area contributed by atoms with Crippen LogP contribution in [0.4, 0.5) is 28.0 Å². The van der Waals surface area contributed by atoms with Crippen molar-refractivity contribution in [2.24, 2.45) is 5.92 Å². The molecule has 2 aromatic carbocycles. The van der Waals surface area contributed by atoms with Crippen molar-refractivity contribution < 1.29 is 41.0 Å². The van der Waals surface area contributed by atoms with Gasteiger partial charge in [0.05, 0.1) is 44.7 Å². The molecule has 1 aliphatic rings. The summed E-state index contributed by atoms with van der Waals surface area (Å²) in [5.74, 6) is 5.15. The summed E-state index contributed by atoms with van der Waals surface area (Å²) in [7, 11) is -0.806. The van der Waals surface area contributed by atoms with Crippen molar-refractivity contribution >= 4 is 47.9 Å². The molecule has 10 nitrogen and oxygen atoms in total. The van der Waals surface area contributed by atoms with E-state index < -0.39 is 37.7 Å². The van der Waals surface area contributed by atoms with Gasteiger partial charge in [-0.05, 0) is 73.6 Å². The number of carbonyl (C=O) groups is 1. The number of nitrogens with one attached hydrogen (secondary N) is 2. The zero-order chi connectivity index (χ0) is 43.6. The number of benzene rings is 2. The molecule has 0 aliphatic carbocycles. The zero-order valence-corrected chi connectivity index (χ0v) is 37.2. The van der Waals surface area contributed by atoms with Gasteiger partial charge in [-0.1, -0.05) is 87.4 Å². The Balaban J connectivity index is 1.18. The molecule has 16 heteroatoms. The summed E-state index contributed by atoms with van der Waals surface area (Å²) in [6, 6.07) is 23.5. The second-order valence-corrected chi connectivity index (χ2v) is 22.1. The number of hydrogen-bond acceptors (Lipinski definition) is 9. The normalized spacial score (nSPS) is 17.9. The molecule has 3 heterocycles. The SMILES string of the molecule is CN1CC(F)C(Nc2cccn3c(SC(F)(F)F)c(C#CCNC(=O)OC(C)(C)C)nc23)C(CCOCCOCCO[Si](c2ccccc2)(c2ccccc2)C(C)(C)C)C1. The van der Waals surface area contributed by atoms with E-state index in [4.69, 9.17) is 18.6 Å². The van der Waals surface area contributed by atoms with Crippen LogP contribution in [-0.2, 0) is 18.6 Å². The molecule has 2 aromatic heterocycles. The number of hydrogen-bond donors (Lipinski definition) is 2. The van der Waals surface area contributed by atoms with E-state index in [2.05, 4.69) is 96.8 Å². The number of thioether (sulfide) groups is 1. The zero-order valence-electron chi connectivity index (χ0n) is 35.4. The first kappa shape index (κ1) is 46.9. The van der Waals surface area contributed by atoms with Crippen LogP contribution in [0.2, 0.25) is 5.04 Å². The van der Waals surface area contributed by atoms with Gasteiger partial charge in [0.1, 0.15) is 22.5 Å². The number of nitrogens with zero attached hydrogens (tertiary/aromatic N) is 3. The molecule has 1 amide bonds. The van der Waals surface area contributed by atoms with Crippen LogP contribution in [0, 0.1) is 17.8 Å². The highest BCUT2D eigenvalue weighted by molar-refractivity contribution is 8.00. The van der Waals surface area contributed by atoms with Crippen molar-refractivity contribution in [2.45, 2.75) is 81.4 Å². The van der Waals surface area contributed by atoms with Crippen LogP contribution in [0.5, 0.6) is 0 Å². The van der Waals surface area contributed by atoms with E-state index in [0.29, 0.717) is 51.7 Å². The van der Waals surface area contributed by atoms with Gasteiger partial charge in [-0.15, -0.1) is 0 Å².